The Morgan fingerprint density at radius 1 is 0.235 bits per heavy atom. The van der Waals surface area contributed by atoms with E-state index < -0.39 is 0 Å². The Bertz CT molecular complexity index is 2860. The van der Waals surface area contributed by atoms with Gasteiger partial charge in [0.05, 0.1) is 5.69 Å². The lowest BCUT2D eigenvalue weighted by atomic mass is 9.86. The van der Waals surface area contributed by atoms with Crippen LogP contribution in [0.2, 0.25) is 0 Å². The molecular formula is C50H33N. The highest BCUT2D eigenvalue weighted by Crippen LogP contribution is 2.46. The summed E-state index contributed by atoms with van der Waals surface area (Å²) in [5.41, 5.74) is 8.43. The van der Waals surface area contributed by atoms with Gasteiger partial charge in [-0.05, 0) is 113 Å². The first-order valence-electron chi connectivity index (χ1n) is 17.6. The molecule has 238 valence electrons. The van der Waals surface area contributed by atoms with Crippen molar-refractivity contribution in [3.8, 4) is 22.3 Å². The molecule has 10 rings (SSSR count). The van der Waals surface area contributed by atoms with Crippen LogP contribution in [0.1, 0.15) is 0 Å². The minimum atomic E-state index is 1.13. The smallest absolute Gasteiger partial charge is 0.0540 e. The minimum Gasteiger partial charge on any atom is -0.310 e. The van der Waals surface area contributed by atoms with Crippen molar-refractivity contribution < 1.29 is 0 Å². The van der Waals surface area contributed by atoms with Gasteiger partial charge in [0.2, 0.25) is 0 Å². The summed E-state index contributed by atoms with van der Waals surface area (Å²) in [6, 6.07) is 73.0. The van der Waals surface area contributed by atoms with Crippen molar-refractivity contribution in [2.24, 2.45) is 0 Å². The maximum absolute atomic E-state index is 2.44. The number of rotatable bonds is 5. The van der Waals surface area contributed by atoms with E-state index in [0.29, 0.717) is 0 Å². The third kappa shape index (κ3) is 4.78. The molecule has 0 aliphatic heterocycles. The lowest BCUT2D eigenvalue weighted by molar-refractivity contribution is 1.30. The van der Waals surface area contributed by atoms with Gasteiger partial charge < -0.3 is 4.90 Å². The van der Waals surface area contributed by atoms with E-state index >= 15 is 0 Å². The van der Waals surface area contributed by atoms with Crippen LogP contribution in [-0.4, -0.2) is 0 Å². The molecule has 0 bridgehead atoms. The zero-order valence-electron chi connectivity index (χ0n) is 28.0. The van der Waals surface area contributed by atoms with Gasteiger partial charge in [-0.25, -0.2) is 0 Å². The number of para-hydroxylation sites is 2. The molecule has 10 aromatic rings. The van der Waals surface area contributed by atoms with Crippen LogP contribution in [0.4, 0.5) is 17.1 Å². The molecule has 0 aliphatic rings. The summed E-state index contributed by atoms with van der Waals surface area (Å²) in [7, 11) is 0. The fraction of sp³-hybridized carbons (Fsp3) is 0. The zero-order chi connectivity index (χ0) is 33.7. The first-order chi connectivity index (χ1) is 25.3. The second-order valence-corrected chi connectivity index (χ2v) is 13.2. The van der Waals surface area contributed by atoms with E-state index in [1.807, 2.05) is 0 Å². The molecule has 0 N–H and O–H groups in total. The molecular weight excluding hydrogens is 615 g/mol. The molecule has 0 heterocycles. The third-order valence-corrected chi connectivity index (χ3v) is 10.4. The molecule has 0 unspecified atom stereocenters. The van der Waals surface area contributed by atoms with Crippen molar-refractivity contribution in [2.45, 2.75) is 0 Å². The van der Waals surface area contributed by atoms with Gasteiger partial charge in [0.1, 0.15) is 0 Å². The van der Waals surface area contributed by atoms with Crippen LogP contribution in [0, 0.1) is 0 Å². The highest BCUT2D eigenvalue weighted by atomic mass is 15.1. The average Bonchev–Trinajstić information content (AvgIpc) is 3.21. The van der Waals surface area contributed by atoms with Gasteiger partial charge in [-0.1, -0.05) is 158 Å². The Hall–Kier alpha value is -6.70. The predicted molar refractivity (Wildman–Crippen MR) is 220 cm³/mol. The predicted octanol–water partition coefficient (Wildman–Crippen LogP) is 14.3. The lowest BCUT2D eigenvalue weighted by Gasteiger charge is -2.27. The fourth-order valence-corrected chi connectivity index (χ4v) is 8.15. The number of nitrogens with zero attached hydrogens (tertiary/aromatic N) is 1. The molecule has 0 spiro atoms. The quantitative estimate of drug-likeness (QED) is 0.168. The second-order valence-electron chi connectivity index (χ2n) is 13.2. The van der Waals surface area contributed by atoms with Crippen LogP contribution in [0.3, 0.4) is 0 Å². The summed E-state index contributed by atoms with van der Waals surface area (Å²) < 4.78 is 0. The summed E-state index contributed by atoms with van der Waals surface area (Å²) in [6.07, 6.45) is 0. The fourth-order valence-electron chi connectivity index (χ4n) is 8.15. The monoisotopic (exact) mass is 647 g/mol. The molecule has 0 amide bonds. The molecule has 0 aliphatic carbocycles. The van der Waals surface area contributed by atoms with E-state index in [1.54, 1.807) is 0 Å². The number of hydrogen-bond donors (Lipinski definition) is 0. The van der Waals surface area contributed by atoms with Crippen molar-refractivity contribution in [2.75, 3.05) is 4.90 Å². The molecule has 1 heteroatoms. The van der Waals surface area contributed by atoms with Crippen molar-refractivity contribution in [3.63, 3.8) is 0 Å². The van der Waals surface area contributed by atoms with Crippen LogP contribution < -0.4 is 4.90 Å². The van der Waals surface area contributed by atoms with Crippen molar-refractivity contribution in [1.82, 2.24) is 0 Å². The summed E-state index contributed by atoms with van der Waals surface area (Å²) in [5, 5.41) is 12.6. The van der Waals surface area contributed by atoms with E-state index in [4.69, 9.17) is 0 Å². The number of fused-ring (bicyclic) bond motifs is 7. The number of anilines is 3. The SMILES string of the molecule is c1ccc(N(c2ccccc2)c2ccc(-c3cc4c5ccccc5c(-c5cccc6ccccc56)cc4c4ccccc34)c3ccccc23)cc1. The Kier molecular flexibility index (Phi) is 6.89. The zero-order valence-corrected chi connectivity index (χ0v) is 28.0. The van der Waals surface area contributed by atoms with Gasteiger partial charge in [0.25, 0.3) is 0 Å². The third-order valence-electron chi connectivity index (χ3n) is 10.4. The van der Waals surface area contributed by atoms with Crippen molar-refractivity contribution in [1.29, 1.82) is 0 Å². The van der Waals surface area contributed by atoms with Gasteiger partial charge in [-0.2, -0.15) is 0 Å². The summed E-state index contributed by atoms with van der Waals surface area (Å²) >= 11 is 0. The van der Waals surface area contributed by atoms with E-state index in [0.717, 1.165) is 17.1 Å². The van der Waals surface area contributed by atoms with Gasteiger partial charge in [0.15, 0.2) is 0 Å². The maximum atomic E-state index is 2.44. The molecule has 51 heavy (non-hydrogen) atoms. The van der Waals surface area contributed by atoms with Crippen LogP contribution in [0.15, 0.2) is 200 Å². The highest BCUT2D eigenvalue weighted by molar-refractivity contribution is 6.25. The Morgan fingerprint density at radius 3 is 1.22 bits per heavy atom. The van der Waals surface area contributed by atoms with E-state index in [9.17, 15) is 0 Å². The van der Waals surface area contributed by atoms with E-state index in [-0.39, 0.29) is 0 Å². The normalized spacial score (nSPS) is 11.5. The van der Waals surface area contributed by atoms with E-state index in [2.05, 4.69) is 205 Å². The van der Waals surface area contributed by atoms with Crippen LogP contribution >= 0.6 is 0 Å². The van der Waals surface area contributed by atoms with Gasteiger partial charge in [-0.15, -0.1) is 0 Å². The minimum absolute atomic E-state index is 1.13. The van der Waals surface area contributed by atoms with Crippen molar-refractivity contribution in [3.05, 3.63) is 200 Å². The number of benzene rings is 10. The maximum Gasteiger partial charge on any atom is 0.0540 e. The largest absolute Gasteiger partial charge is 0.310 e. The topological polar surface area (TPSA) is 3.24 Å². The van der Waals surface area contributed by atoms with Gasteiger partial charge in [0, 0.05) is 16.8 Å². The van der Waals surface area contributed by atoms with Gasteiger partial charge >= 0.3 is 0 Å². The Balaban J connectivity index is 1.26. The van der Waals surface area contributed by atoms with Gasteiger partial charge in [-0.3, -0.25) is 0 Å². The molecule has 1 nitrogen and oxygen atoms in total. The first kappa shape index (κ1) is 29.2. The first-order valence-corrected chi connectivity index (χ1v) is 17.6. The average molecular weight is 648 g/mol. The Morgan fingerprint density at radius 2 is 0.647 bits per heavy atom. The molecule has 0 aromatic heterocycles. The van der Waals surface area contributed by atoms with Crippen LogP contribution in [-0.2, 0) is 0 Å². The van der Waals surface area contributed by atoms with Crippen LogP contribution in [0.25, 0.3) is 76.1 Å². The van der Waals surface area contributed by atoms with E-state index in [1.165, 1.54) is 76.1 Å². The molecule has 10 aromatic carbocycles. The van der Waals surface area contributed by atoms with Crippen molar-refractivity contribution >= 4 is 70.9 Å². The second kappa shape index (κ2) is 12.0. The molecule has 0 radical (unpaired) electrons. The summed E-state index contributed by atoms with van der Waals surface area (Å²) in [6.45, 7) is 0. The summed E-state index contributed by atoms with van der Waals surface area (Å²) in [5.74, 6) is 0. The van der Waals surface area contributed by atoms with Crippen LogP contribution in [0.5, 0.6) is 0 Å². The molecule has 0 saturated carbocycles. The molecule has 0 saturated heterocycles. The summed E-state index contributed by atoms with van der Waals surface area (Å²) in [4.78, 5) is 2.37. The highest BCUT2D eigenvalue weighted by Gasteiger charge is 2.20. The standard InChI is InChI=1S/C50H33N/c1-3-18-35(19-4-1)51(36-20-5-2-6-21-36)50-31-30-44(39-23-13-14-28-45(39)50)47-33-49-42-26-11-9-24-40(42)46(32-48(49)43-27-12-10-25-41(43)47)38-29-15-17-34-16-7-8-22-37(34)38/h1-33H. The molecule has 0 fully saturated rings. The number of hydrogen-bond acceptors (Lipinski definition) is 1. The Labute approximate surface area is 297 Å². The molecule has 0 atom stereocenters. The lowest BCUT2D eigenvalue weighted by Crippen LogP contribution is -2.10.